The van der Waals surface area contributed by atoms with E-state index < -0.39 is 0 Å². The van der Waals surface area contributed by atoms with Gasteiger partial charge in [-0.25, -0.2) is 0 Å². The SMILES string of the molecule is Cc1cccc(CC(=O)NCC(=O)NCCN2CCOCC2)c1. The lowest BCUT2D eigenvalue weighted by Gasteiger charge is -2.26. The van der Waals surface area contributed by atoms with Crippen molar-refractivity contribution in [3.05, 3.63) is 35.4 Å². The molecule has 2 rings (SSSR count). The van der Waals surface area contributed by atoms with Crippen molar-refractivity contribution < 1.29 is 14.3 Å². The minimum absolute atomic E-state index is 0.0216. The minimum atomic E-state index is -0.157. The summed E-state index contributed by atoms with van der Waals surface area (Å²) in [7, 11) is 0. The molecule has 2 N–H and O–H groups in total. The molecule has 0 aliphatic carbocycles. The van der Waals surface area contributed by atoms with Crippen LogP contribution in [0, 0.1) is 6.92 Å². The molecular formula is C17H25N3O3. The number of aryl methyl sites for hydroxylation is 1. The summed E-state index contributed by atoms with van der Waals surface area (Å²) < 4.78 is 5.27. The summed E-state index contributed by atoms with van der Waals surface area (Å²) in [5.41, 5.74) is 2.08. The van der Waals surface area contributed by atoms with E-state index in [4.69, 9.17) is 4.74 Å². The summed E-state index contributed by atoms with van der Waals surface area (Å²) in [5, 5.41) is 5.48. The molecule has 0 spiro atoms. The Morgan fingerprint density at radius 1 is 1.17 bits per heavy atom. The first-order chi connectivity index (χ1) is 11.1. The normalized spacial score (nSPS) is 15.2. The summed E-state index contributed by atoms with van der Waals surface area (Å²) in [6.45, 7) is 6.73. The predicted octanol–water partition coefficient (Wildman–Crippen LogP) is 0.102. The third kappa shape index (κ3) is 6.80. The van der Waals surface area contributed by atoms with E-state index in [9.17, 15) is 9.59 Å². The van der Waals surface area contributed by atoms with Gasteiger partial charge in [0.2, 0.25) is 11.8 Å². The van der Waals surface area contributed by atoms with Crippen molar-refractivity contribution in [3.63, 3.8) is 0 Å². The van der Waals surface area contributed by atoms with E-state index >= 15 is 0 Å². The maximum atomic E-state index is 11.8. The van der Waals surface area contributed by atoms with Crippen LogP contribution in [-0.2, 0) is 20.7 Å². The van der Waals surface area contributed by atoms with Gasteiger partial charge in [0.25, 0.3) is 0 Å². The van der Waals surface area contributed by atoms with Gasteiger partial charge in [-0.1, -0.05) is 29.8 Å². The molecule has 0 atom stereocenters. The number of ether oxygens (including phenoxy) is 1. The number of nitrogens with zero attached hydrogens (tertiary/aromatic N) is 1. The Bertz CT molecular complexity index is 528. The lowest BCUT2D eigenvalue weighted by molar-refractivity contribution is -0.125. The molecule has 6 nitrogen and oxygen atoms in total. The van der Waals surface area contributed by atoms with E-state index in [1.54, 1.807) is 0 Å². The van der Waals surface area contributed by atoms with E-state index in [2.05, 4.69) is 15.5 Å². The van der Waals surface area contributed by atoms with E-state index in [1.807, 2.05) is 31.2 Å². The van der Waals surface area contributed by atoms with Crippen molar-refractivity contribution in [3.8, 4) is 0 Å². The first-order valence-electron chi connectivity index (χ1n) is 8.02. The number of carbonyl (C=O) groups is 2. The second-order valence-corrected chi connectivity index (χ2v) is 5.75. The molecule has 1 aliphatic heterocycles. The van der Waals surface area contributed by atoms with Gasteiger partial charge in [-0.2, -0.15) is 0 Å². The Kier molecular flexibility index (Phi) is 7.03. The van der Waals surface area contributed by atoms with Crippen LogP contribution in [-0.4, -0.2) is 62.7 Å². The Morgan fingerprint density at radius 2 is 1.96 bits per heavy atom. The van der Waals surface area contributed by atoms with Crippen LogP contribution < -0.4 is 10.6 Å². The highest BCUT2D eigenvalue weighted by Crippen LogP contribution is 2.04. The number of rotatable bonds is 7. The average molecular weight is 319 g/mol. The summed E-state index contributed by atoms with van der Waals surface area (Å²) in [5.74, 6) is -0.296. The Hall–Kier alpha value is -1.92. The van der Waals surface area contributed by atoms with Gasteiger partial charge in [-0.15, -0.1) is 0 Å². The molecule has 23 heavy (non-hydrogen) atoms. The fourth-order valence-corrected chi connectivity index (χ4v) is 2.49. The van der Waals surface area contributed by atoms with E-state index in [-0.39, 0.29) is 18.4 Å². The first kappa shape index (κ1) is 17.4. The minimum Gasteiger partial charge on any atom is -0.379 e. The molecule has 1 aromatic rings. The molecule has 0 aromatic heterocycles. The molecule has 1 aliphatic rings. The van der Waals surface area contributed by atoms with Crippen LogP contribution in [0.3, 0.4) is 0 Å². The van der Waals surface area contributed by atoms with Crippen molar-refractivity contribution in [2.45, 2.75) is 13.3 Å². The zero-order valence-electron chi connectivity index (χ0n) is 13.6. The third-order valence-electron chi connectivity index (χ3n) is 3.75. The van der Waals surface area contributed by atoms with Gasteiger partial charge in [0.1, 0.15) is 0 Å². The van der Waals surface area contributed by atoms with E-state index in [0.29, 0.717) is 13.0 Å². The second-order valence-electron chi connectivity index (χ2n) is 5.75. The molecule has 1 saturated heterocycles. The zero-order valence-corrected chi connectivity index (χ0v) is 13.6. The topological polar surface area (TPSA) is 70.7 Å². The van der Waals surface area contributed by atoms with Crippen molar-refractivity contribution in [2.75, 3.05) is 45.9 Å². The average Bonchev–Trinajstić information content (AvgIpc) is 2.54. The van der Waals surface area contributed by atoms with Crippen molar-refractivity contribution in [1.29, 1.82) is 0 Å². The molecule has 1 aromatic carbocycles. The highest BCUT2D eigenvalue weighted by atomic mass is 16.5. The van der Waals surface area contributed by atoms with Crippen LogP contribution in [0.15, 0.2) is 24.3 Å². The van der Waals surface area contributed by atoms with Crippen molar-refractivity contribution in [2.24, 2.45) is 0 Å². The molecule has 6 heteroatoms. The predicted molar refractivity (Wildman–Crippen MR) is 88.2 cm³/mol. The van der Waals surface area contributed by atoms with Crippen molar-refractivity contribution in [1.82, 2.24) is 15.5 Å². The van der Waals surface area contributed by atoms with E-state index in [1.165, 1.54) is 0 Å². The maximum Gasteiger partial charge on any atom is 0.239 e. The van der Waals surface area contributed by atoms with Crippen LogP contribution in [0.5, 0.6) is 0 Å². The molecule has 2 amide bonds. The number of hydrogen-bond acceptors (Lipinski definition) is 4. The summed E-state index contributed by atoms with van der Waals surface area (Å²) in [4.78, 5) is 25.8. The number of carbonyl (C=O) groups excluding carboxylic acids is 2. The van der Waals surface area contributed by atoms with Gasteiger partial charge < -0.3 is 15.4 Å². The second kappa shape index (κ2) is 9.27. The lowest BCUT2D eigenvalue weighted by atomic mass is 10.1. The van der Waals surface area contributed by atoms with Gasteiger partial charge >= 0.3 is 0 Å². The lowest BCUT2D eigenvalue weighted by Crippen LogP contribution is -2.43. The molecule has 1 heterocycles. The molecule has 0 unspecified atom stereocenters. The summed E-state index contributed by atoms with van der Waals surface area (Å²) in [6.07, 6.45) is 0.294. The zero-order chi connectivity index (χ0) is 16.5. The quantitative estimate of drug-likeness (QED) is 0.748. The molecular weight excluding hydrogens is 294 g/mol. The van der Waals surface area contributed by atoms with E-state index in [0.717, 1.165) is 44.0 Å². The van der Waals surface area contributed by atoms with Gasteiger partial charge in [-0.05, 0) is 12.5 Å². The Morgan fingerprint density at radius 3 is 2.70 bits per heavy atom. The standard InChI is InChI=1S/C17H25N3O3/c1-14-3-2-4-15(11-14)12-16(21)19-13-17(22)18-5-6-20-7-9-23-10-8-20/h2-4,11H,5-10,12-13H2,1H3,(H,18,22)(H,19,21). The largest absolute Gasteiger partial charge is 0.379 e. The maximum absolute atomic E-state index is 11.8. The van der Waals surface area contributed by atoms with Gasteiger partial charge in [0.15, 0.2) is 0 Å². The van der Waals surface area contributed by atoms with Crippen LogP contribution in [0.1, 0.15) is 11.1 Å². The number of amides is 2. The Balaban J connectivity index is 1.59. The summed E-state index contributed by atoms with van der Waals surface area (Å²) in [6, 6.07) is 7.80. The van der Waals surface area contributed by atoms with Crippen LogP contribution >= 0.6 is 0 Å². The molecule has 0 saturated carbocycles. The van der Waals surface area contributed by atoms with Crippen LogP contribution in [0.2, 0.25) is 0 Å². The molecule has 0 bridgehead atoms. The summed E-state index contributed by atoms with van der Waals surface area (Å²) >= 11 is 0. The first-order valence-corrected chi connectivity index (χ1v) is 8.02. The number of benzene rings is 1. The smallest absolute Gasteiger partial charge is 0.239 e. The van der Waals surface area contributed by atoms with Gasteiger partial charge in [0.05, 0.1) is 26.2 Å². The van der Waals surface area contributed by atoms with Crippen LogP contribution in [0.4, 0.5) is 0 Å². The monoisotopic (exact) mass is 319 g/mol. The van der Waals surface area contributed by atoms with Crippen LogP contribution in [0.25, 0.3) is 0 Å². The highest BCUT2D eigenvalue weighted by Gasteiger charge is 2.10. The number of hydrogen-bond donors (Lipinski definition) is 2. The molecule has 1 fully saturated rings. The Labute approximate surface area is 137 Å². The van der Waals surface area contributed by atoms with Gasteiger partial charge in [-0.3, -0.25) is 14.5 Å². The number of nitrogens with one attached hydrogen (secondary N) is 2. The fourth-order valence-electron chi connectivity index (χ4n) is 2.49. The molecule has 0 radical (unpaired) electrons. The van der Waals surface area contributed by atoms with Gasteiger partial charge in [0, 0.05) is 26.2 Å². The highest BCUT2D eigenvalue weighted by molar-refractivity contribution is 5.85. The van der Waals surface area contributed by atoms with Crippen molar-refractivity contribution >= 4 is 11.8 Å². The third-order valence-corrected chi connectivity index (χ3v) is 3.75. The number of morpholine rings is 1. The fraction of sp³-hybridized carbons (Fsp3) is 0.529. The molecule has 126 valence electrons.